The summed E-state index contributed by atoms with van der Waals surface area (Å²) in [7, 11) is 0. The van der Waals surface area contributed by atoms with E-state index in [0.29, 0.717) is 31.9 Å². The maximum Gasteiger partial charge on any atom is 0.271 e. The molecule has 4 heterocycles. The number of thiazole rings is 1. The summed E-state index contributed by atoms with van der Waals surface area (Å²) in [6.07, 6.45) is 0. The molecule has 3 atom stereocenters. The Morgan fingerprint density at radius 2 is 1.90 bits per heavy atom. The molecule has 8 heteroatoms. The van der Waals surface area contributed by atoms with Gasteiger partial charge in [0, 0.05) is 16.8 Å². The van der Waals surface area contributed by atoms with Crippen LogP contribution in [0.3, 0.4) is 0 Å². The second-order valence-corrected chi connectivity index (χ2v) is 9.08. The molecule has 1 amide bonds. The van der Waals surface area contributed by atoms with Crippen molar-refractivity contribution < 1.29 is 14.3 Å². The van der Waals surface area contributed by atoms with Crippen LogP contribution >= 0.6 is 11.3 Å². The minimum atomic E-state index is -1.13. The van der Waals surface area contributed by atoms with E-state index in [-0.39, 0.29) is 17.2 Å². The largest absolute Gasteiger partial charge is 0.465 e. The second-order valence-electron chi connectivity index (χ2n) is 8.10. The number of aromatic nitrogens is 1. The summed E-state index contributed by atoms with van der Waals surface area (Å²) < 4.78 is 8.07. The van der Waals surface area contributed by atoms with Crippen LogP contribution in [-0.4, -0.2) is 22.0 Å². The lowest BCUT2D eigenvalue weighted by molar-refractivity contribution is -0.132. The van der Waals surface area contributed by atoms with Gasteiger partial charge in [-0.05, 0) is 26.0 Å². The minimum Gasteiger partial charge on any atom is -0.465 e. The molecule has 2 aromatic carbocycles. The van der Waals surface area contributed by atoms with Crippen LogP contribution in [0.2, 0.25) is 0 Å². The average Bonchev–Trinajstić information content (AvgIpc) is 3.21. The smallest absolute Gasteiger partial charge is 0.271 e. The predicted molar refractivity (Wildman–Crippen MR) is 115 cm³/mol. The molecule has 0 fully saturated rings. The summed E-state index contributed by atoms with van der Waals surface area (Å²) in [5.41, 5.74) is 1.04. The fourth-order valence-electron chi connectivity index (χ4n) is 4.95. The number of hydrogen-bond donors (Lipinski definition) is 1. The quantitative estimate of drug-likeness (QED) is 0.634. The monoisotopic (exact) mass is 431 g/mol. The first-order chi connectivity index (χ1) is 14.9. The van der Waals surface area contributed by atoms with E-state index in [0.717, 1.165) is 16.9 Å². The van der Waals surface area contributed by atoms with Crippen LogP contribution in [0.5, 0.6) is 5.75 Å². The topological polar surface area (TPSA) is 89.8 Å². The number of rotatable bonds is 1. The van der Waals surface area contributed by atoms with Crippen LogP contribution in [0.4, 0.5) is 5.69 Å². The summed E-state index contributed by atoms with van der Waals surface area (Å²) in [5.74, 6) is -0.456. The van der Waals surface area contributed by atoms with Crippen molar-refractivity contribution in [1.29, 1.82) is 0 Å². The van der Waals surface area contributed by atoms with Gasteiger partial charge in [-0.3, -0.25) is 19.0 Å². The summed E-state index contributed by atoms with van der Waals surface area (Å²) in [5, 5.41) is 2.82. The lowest BCUT2D eigenvalue weighted by Crippen LogP contribution is -2.58. The fraction of sp³-hybridized carbons (Fsp3) is 0.217. The van der Waals surface area contributed by atoms with Gasteiger partial charge in [0.1, 0.15) is 22.0 Å². The predicted octanol–water partition coefficient (Wildman–Crippen LogP) is 1.60. The van der Waals surface area contributed by atoms with Crippen molar-refractivity contribution in [3.63, 3.8) is 0 Å². The molecule has 0 unspecified atom stereocenters. The standard InChI is InChI=1S/C23H17N3O4S/c1-11(27)17-18-13-8-4-6-10-15(13)30-23(17,2)25-22-26(18)21(29)19(31-22)16-12-7-3-5-9-14(12)24-20(16)28/h3-10,17-18H,1-2H3,(H,24,28)/b19-16-/t17-,18-,23-/m0/s1. The van der Waals surface area contributed by atoms with Crippen LogP contribution in [0.15, 0.2) is 58.3 Å². The zero-order valence-electron chi connectivity index (χ0n) is 16.7. The first-order valence-electron chi connectivity index (χ1n) is 9.94. The number of carbonyl (C=O) groups is 2. The summed E-state index contributed by atoms with van der Waals surface area (Å²) in [6, 6.07) is 14.2. The molecule has 154 valence electrons. The highest BCUT2D eigenvalue weighted by Gasteiger charge is 2.53. The van der Waals surface area contributed by atoms with E-state index < -0.39 is 17.7 Å². The molecule has 0 saturated heterocycles. The number of nitrogens with zero attached hydrogens (tertiary/aromatic N) is 2. The van der Waals surface area contributed by atoms with E-state index in [1.807, 2.05) is 42.5 Å². The highest BCUT2D eigenvalue weighted by Crippen LogP contribution is 2.47. The number of carbonyl (C=O) groups excluding carboxylic acids is 2. The van der Waals surface area contributed by atoms with Gasteiger partial charge < -0.3 is 10.1 Å². The van der Waals surface area contributed by atoms with Crippen LogP contribution < -0.4 is 24.9 Å². The summed E-state index contributed by atoms with van der Waals surface area (Å²) in [4.78, 5) is 44.3. The molecule has 7 nitrogen and oxygen atoms in total. The van der Waals surface area contributed by atoms with E-state index >= 15 is 0 Å². The minimum absolute atomic E-state index is 0.104. The number of ether oxygens (including phenoxy) is 1. The Balaban J connectivity index is 1.73. The number of benzene rings is 2. The van der Waals surface area contributed by atoms with Crippen molar-refractivity contribution in [2.45, 2.75) is 25.6 Å². The molecule has 1 N–H and O–H groups in total. The second kappa shape index (κ2) is 6.01. The third-order valence-corrected chi connectivity index (χ3v) is 7.25. The molecule has 2 bridgehead atoms. The maximum absolute atomic E-state index is 13.7. The zero-order valence-corrected chi connectivity index (χ0v) is 17.5. The molecule has 31 heavy (non-hydrogen) atoms. The van der Waals surface area contributed by atoms with Gasteiger partial charge in [-0.15, -0.1) is 0 Å². The molecule has 0 aliphatic carbocycles. The Morgan fingerprint density at radius 3 is 2.71 bits per heavy atom. The molecule has 1 aromatic heterocycles. The van der Waals surface area contributed by atoms with Crippen molar-refractivity contribution in [3.8, 4) is 5.75 Å². The van der Waals surface area contributed by atoms with E-state index in [1.165, 1.54) is 6.92 Å². The van der Waals surface area contributed by atoms with Gasteiger partial charge in [0.2, 0.25) is 5.72 Å². The summed E-state index contributed by atoms with van der Waals surface area (Å²) >= 11 is 1.16. The molecule has 0 spiro atoms. The normalized spacial score (nSPS) is 26.7. The molecule has 6 rings (SSSR count). The molecular weight excluding hydrogens is 414 g/mol. The first kappa shape index (κ1) is 18.3. The van der Waals surface area contributed by atoms with Gasteiger partial charge >= 0.3 is 0 Å². The van der Waals surface area contributed by atoms with Crippen molar-refractivity contribution in [2.75, 3.05) is 5.32 Å². The van der Waals surface area contributed by atoms with Gasteiger partial charge in [0.25, 0.3) is 11.5 Å². The van der Waals surface area contributed by atoms with Crippen LogP contribution in [0.25, 0.3) is 5.57 Å². The number of para-hydroxylation sites is 2. The Morgan fingerprint density at radius 1 is 1.16 bits per heavy atom. The van der Waals surface area contributed by atoms with Gasteiger partial charge in [-0.25, -0.2) is 4.99 Å². The number of fused-ring (bicyclic) bond motifs is 7. The lowest BCUT2D eigenvalue weighted by Gasteiger charge is -2.45. The third-order valence-electron chi connectivity index (χ3n) is 6.19. The Bertz CT molecular complexity index is 1500. The van der Waals surface area contributed by atoms with Crippen LogP contribution in [0.1, 0.15) is 31.0 Å². The van der Waals surface area contributed by atoms with Gasteiger partial charge in [0.15, 0.2) is 4.80 Å². The molecule has 3 aromatic rings. The average molecular weight is 431 g/mol. The van der Waals surface area contributed by atoms with E-state index in [2.05, 4.69) is 5.32 Å². The number of anilines is 1. The number of amides is 1. The van der Waals surface area contributed by atoms with Gasteiger partial charge in [0.05, 0.1) is 11.6 Å². The number of Topliss-reactive ketones (excluding diaryl/α,β-unsaturated/α-hetero) is 1. The lowest BCUT2D eigenvalue weighted by atomic mass is 9.79. The molecule has 0 saturated carbocycles. The first-order valence-corrected chi connectivity index (χ1v) is 10.8. The number of hydrogen-bond acceptors (Lipinski definition) is 6. The molecular formula is C23H17N3O4S. The fourth-order valence-corrected chi connectivity index (χ4v) is 6.14. The van der Waals surface area contributed by atoms with Crippen LogP contribution in [0, 0.1) is 5.92 Å². The van der Waals surface area contributed by atoms with Crippen molar-refractivity contribution >= 4 is 34.3 Å². The van der Waals surface area contributed by atoms with Crippen molar-refractivity contribution in [1.82, 2.24) is 4.57 Å². The van der Waals surface area contributed by atoms with Crippen LogP contribution in [-0.2, 0) is 9.59 Å². The van der Waals surface area contributed by atoms with Gasteiger partial charge in [-0.1, -0.05) is 47.7 Å². The molecule has 3 aliphatic heterocycles. The Labute approximate surface area is 180 Å². The molecule has 0 radical (unpaired) electrons. The van der Waals surface area contributed by atoms with Crippen molar-refractivity contribution in [2.24, 2.45) is 10.9 Å². The Hall–Kier alpha value is -3.52. The zero-order chi connectivity index (χ0) is 21.5. The SMILES string of the molecule is CC(=O)[C@H]1[C@@H]2c3ccccc3O[C@]1(C)N=c1s/c(=C3\C(=O)Nc4ccccc43)c(=O)n12. The summed E-state index contributed by atoms with van der Waals surface area (Å²) in [6.45, 7) is 3.28. The highest BCUT2D eigenvalue weighted by molar-refractivity contribution is 7.07. The number of ketones is 1. The van der Waals surface area contributed by atoms with E-state index in [4.69, 9.17) is 9.73 Å². The maximum atomic E-state index is 13.7. The number of nitrogens with one attached hydrogen (secondary N) is 1. The Kier molecular flexibility index (Phi) is 3.54. The highest BCUT2D eigenvalue weighted by atomic mass is 32.1. The van der Waals surface area contributed by atoms with Crippen molar-refractivity contribution in [3.05, 3.63) is 79.3 Å². The van der Waals surface area contributed by atoms with Gasteiger partial charge in [-0.2, -0.15) is 0 Å². The van der Waals surface area contributed by atoms with E-state index in [1.54, 1.807) is 17.6 Å². The molecule has 3 aliphatic rings. The van der Waals surface area contributed by atoms with E-state index in [9.17, 15) is 14.4 Å². The third kappa shape index (κ3) is 2.33.